The summed E-state index contributed by atoms with van der Waals surface area (Å²) in [6.45, 7) is 2.83. The topological polar surface area (TPSA) is 31.2 Å². The van der Waals surface area contributed by atoms with Gasteiger partial charge in [-0.1, -0.05) is 24.3 Å². The number of rotatable bonds is 5. The molecule has 1 heterocycles. The molecular weight excluding hydrogens is 202 g/mol. The van der Waals surface area contributed by atoms with E-state index in [0.717, 1.165) is 0 Å². The Morgan fingerprint density at radius 2 is 2.25 bits per heavy atom. The van der Waals surface area contributed by atoms with Gasteiger partial charge >= 0.3 is 0 Å². The van der Waals surface area contributed by atoms with Crippen LogP contribution in [0.1, 0.15) is 12.5 Å². The molecule has 0 unspecified atom stereocenters. The van der Waals surface area contributed by atoms with Crippen LogP contribution >= 0.6 is 0 Å². The zero-order valence-corrected chi connectivity index (χ0v) is 9.72. The van der Waals surface area contributed by atoms with Crippen molar-refractivity contribution < 1.29 is 4.74 Å². The van der Waals surface area contributed by atoms with Crippen LogP contribution in [0.3, 0.4) is 0 Å². The van der Waals surface area contributed by atoms with Crippen LogP contribution in [0.15, 0.2) is 47.4 Å². The van der Waals surface area contributed by atoms with Gasteiger partial charge in [0.15, 0.2) is 0 Å². The molecule has 0 aliphatic rings. The van der Waals surface area contributed by atoms with Crippen LogP contribution in [-0.4, -0.2) is 11.2 Å². The minimum absolute atomic E-state index is 0.0000615. The van der Waals surface area contributed by atoms with Gasteiger partial charge in [0.25, 0.3) is 5.56 Å². The highest BCUT2D eigenvalue weighted by atomic mass is 16.5. The molecule has 0 aliphatic heterocycles. The number of pyridine rings is 1. The van der Waals surface area contributed by atoms with E-state index < -0.39 is 0 Å². The minimum Gasteiger partial charge on any atom is -0.372 e. The van der Waals surface area contributed by atoms with E-state index in [2.05, 4.69) is 0 Å². The normalized spacial score (nSPS) is 11.6. The third-order valence-corrected chi connectivity index (χ3v) is 2.11. The number of aromatic nitrogens is 1. The molecule has 0 spiro atoms. The maximum atomic E-state index is 11.6. The maximum Gasteiger partial charge on any atom is 0.255 e. The van der Waals surface area contributed by atoms with E-state index in [4.69, 9.17) is 4.74 Å². The summed E-state index contributed by atoms with van der Waals surface area (Å²) in [6, 6.07) is 3.63. The summed E-state index contributed by atoms with van der Waals surface area (Å²) in [5, 5.41) is 0. The average molecular weight is 219 g/mol. The number of hydrogen-bond donors (Lipinski definition) is 0. The first kappa shape index (κ1) is 12.5. The van der Waals surface area contributed by atoms with Gasteiger partial charge < -0.3 is 9.30 Å². The summed E-state index contributed by atoms with van der Waals surface area (Å²) < 4.78 is 6.92. The lowest BCUT2D eigenvalue weighted by molar-refractivity contribution is 0.147. The Bertz CT molecular complexity index is 430. The molecule has 0 aliphatic carbocycles. The molecule has 0 radical (unpaired) electrons. The fraction of sp³-hybridized carbons (Fsp3) is 0.308. The van der Waals surface area contributed by atoms with E-state index in [1.807, 2.05) is 37.3 Å². The molecule has 1 rings (SSSR count). The number of allylic oxidation sites excluding steroid dienone is 3. The van der Waals surface area contributed by atoms with E-state index in [0.29, 0.717) is 18.8 Å². The van der Waals surface area contributed by atoms with E-state index in [9.17, 15) is 4.79 Å². The number of nitrogens with zero attached hydrogens (tertiary/aromatic N) is 1. The Morgan fingerprint density at radius 1 is 1.44 bits per heavy atom. The molecular formula is C13H17NO2. The van der Waals surface area contributed by atoms with Crippen molar-refractivity contribution in [3.63, 3.8) is 0 Å². The maximum absolute atomic E-state index is 11.6. The highest BCUT2D eigenvalue weighted by molar-refractivity contribution is 5.09. The van der Waals surface area contributed by atoms with E-state index in [1.54, 1.807) is 23.9 Å². The lowest BCUT2D eigenvalue weighted by Crippen LogP contribution is -2.20. The van der Waals surface area contributed by atoms with Crippen LogP contribution in [0.25, 0.3) is 0 Å². The summed E-state index contributed by atoms with van der Waals surface area (Å²) in [5.41, 5.74) is 0.685. The van der Waals surface area contributed by atoms with Crippen molar-refractivity contribution in [3.05, 3.63) is 58.6 Å². The predicted octanol–water partition coefficient (Wildman–Crippen LogP) is 2.03. The molecule has 3 heteroatoms. The van der Waals surface area contributed by atoms with Crippen LogP contribution in [0.2, 0.25) is 0 Å². The molecule has 0 saturated carbocycles. The molecule has 1 aromatic rings. The van der Waals surface area contributed by atoms with Crippen molar-refractivity contribution in [2.45, 2.75) is 13.5 Å². The summed E-state index contributed by atoms with van der Waals surface area (Å²) in [4.78, 5) is 11.6. The Labute approximate surface area is 95.7 Å². The molecule has 0 fully saturated rings. The smallest absolute Gasteiger partial charge is 0.255 e. The van der Waals surface area contributed by atoms with Gasteiger partial charge in [0.2, 0.25) is 0 Å². The number of aryl methyl sites for hydroxylation is 1. The van der Waals surface area contributed by atoms with Crippen LogP contribution in [0.4, 0.5) is 0 Å². The van der Waals surface area contributed by atoms with Gasteiger partial charge in [0, 0.05) is 18.8 Å². The molecule has 0 amide bonds. The molecule has 16 heavy (non-hydrogen) atoms. The highest BCUT2D eigenvalue weighted by Crippen LogP contribution is 1.94. The van der Waals surface area contributed by atoms with Crippen LogP contribution in [-0.2, 0) is 18.4 Å². The van der Waals surface area contributed by atoms with E-state index in [-0.39, 0.29) is 5.56 Å². The molecule has 3 nitrogen and oxygen atoms in total. The fourth-order valence-corrected chi connectivity index (χ4v) is 1.25. The van der Waals surface area contributed by atoms with Crippen molar-refractivity contribution in [3.8, 4) is 0 Å². The zero-order chi connectivity index (χ0) is 11.8. The molecule has 86 valence electrons. The van der Waals surface area contributed by atoms with Gasteiger partial charge in [0.05, 0.1) is 13.2 Å². The Morgan fingerprint density at radius 3 is 3.00 bits per heavy atom. The minimum atomic E-state index is -0.0000615. The van der Waals surface area contributed by atoms with Crippen molar-refractivity contribution in [1.82, 2.24) is 4.57 Å². The number of ether oxygens (including phenoxy) is 1. The van der Waals surface area contributed by atoms with Gasteiger partial charge in [-0.25, -0.2) is 0 Å². The lowest BCUT2D eigenvalue weighted by Gasteiger charge is -2.02. The predicted molar refractivity (Wildman–Crippen MR) is 65.3 cm³/mol. The molecule has 0 atom stereocenters. The van der Waals surface area contributed by atoms with Crippen LogP contribution in [0.5, 0.6) is 0 Å². The van der Waals surface area contributed by atoms with Gasteiger partial charge in [-0.2, -0.15) is 0 Å². The highest BCUT2D eigenvalue weighted by Gasteiger charge is 1.99. The quantitative estimate of drug-likeness (QED) is 0.560. The third kappa shape index (κ3) is 3.87. The fourth-order valence-electron chi connectivity index (χ4n) is 1.25. The van der Waals surface area contributed by atoms with Crippen molar-refractivity contribution >= 4 is 0 Å². The first-order valence-corrected chi connectivity index (χ1v) is 5.25. The van der Waals surface area contributed by atoms with Crippen molar-refractivity contribution in [2.24, 2.45) is 7.05 Å². The standard InChI is InChI=1S/C13H17NO2/c1-3-4-5-6-10-16-11-12-8-7-9-14(2)13(12)15/h3-9H,10-11H2,1-2H3/b4-3+,6-5+. The SMILES string of the molecule is C/C=C/C=C/COCc1cccn(C)c1=O. The largest absolute Gasteiger partial charge is 0.372 e. The van der Waals surface area contributed by atoms with Crippen molar-refractivity contribution in [2.75, 3.05) is 6.61 Å². The van der Waals surface area contributed by atoms with Crippen molar-refractivity contribution in [1.29, 1.82) is 0 Å². The Balaban J connectivity index is 2.44. The average Bonchev–Trinajstić information content (AvgIpc) is 2.29. The molecule has 0 bridgehead atoms. The summed E-state index contributed by atoms with van der Waals surface area (Å²) in [6.07, 6.45) is 9.45. The van der Waals surface area contributed by atoms with E-state index in [1.165, 1.54) is 0 Å². The second-order valence-electron chi connectivity index (χ2n) is 3.42. The molecule has 0 N–H and O–H groups in total. The van der Waals surface area contributed by atoms with E-state index >= 15 is 0 Å². The number of hydrogen-bond acceptors (Lipinski definition) is 2. The second kappa shape index (κ2) is 6.80. The monoisotopic (exact) mass is 219 g/mol. The van der Waals surface area contributed by atoms with Gasteiger partial charge in [-0.3, -0.25) is 4.79 Å². The van der Waals surface area contributed by atoms with Crippen LogP contribution < -0.4 is 5.56 Å². The first-order valence-electron chi connectivity index (χ1n) is 5.25. The molecule has 0 saturated heterocycles. The van der Waals surface area contributed by atoms with Gasteiger partial charge in [-0.05, 0) is 19.1 Å². The van der Waals surface area contributed by atoms with Gasteiger partial charge in [0.1, 0.15) is 0 Å². The third-order valence-electron chi connectivity index (χ3n) is 2.11. The summed E-state index contributed by atoms with van der Waals surface area (Å²) >= 11 is 0. The summed E-state index contributed by atoms with van der Waals surface area (Å²) in [5.74, 6) is 0. The molecule has 0 aromatic carbocycles. The first-order chi connectivity index (χ1) is 7.75. The second-order valence-corrected chi connectivity index (χ2v) is 3.42. The Kier molecular flexibility index (Phi) is 5.29. The molecule has 1 aromatic heterocycles. The summed E-state index contributed by atoms with van der Waals surface area (Å²) in [7, 11) is 1.73. The van der Waals surface area contributed by atoms with Gasteiger partial charge in [-0.15, -0.1) is 0 Å². The lowest BCUT2D eigenvalue weighted by atomic mass is 10.3. The Hall–Kier alpha value is -1.61. The van der Waals surface area contributed by atoms with Crippen LogP contribution in [0, 0.1) is 0 Å². The zero-order valence-electron chi connectivity index (χ0n) is 9.72.